The lowest BCUT2D eigenvalue weighted by atomic mass is 10.1. The highest BCUT2D eigenvalue weighted by Gasteiger charge is 2.38. The molecule has 18 heavy (non-hydrogen) atoms. The van der Waals surface area contributed by atoms with E-state index in [1.54, 1.807) is 12.3 Å². The standard InChI is InChI=1S/C13H15BrN2O2/c14-9-4-5-10(15-8-9)13(17)16-6-7-18-12-3-1-2-11(12)16/h4-5,8,11-12H,1-3,6-7H2. The van der Waals surface area contributed by atoms with Crippen LogP contribution in [0.5, 0.6) is 0 Å². The highest BCUT2D eigenvalue weighted by Crippen LogP contribution is 2.30. The van der Waals surface area contributed by atoms with Gasteiger partial charge in [0.25, 0.3) is 5.91 Å². The van der Waals surface area contributed by atoms with Crippen molar-refractivity contribution in [1.82, 2.24) is 9.88 Å². The van der Waals surface area contributed by atoms with Crippen LogP contribution in [-0.4, -0.2) is 41.1 Å². The fraction of sp³-hybridized carbons (Fsp3) is 0.538. The van der Waals surface area contributed by atoms with E-state index >= 15 is 0 Å². The summed E-state index contributed by atoms with van der Waals surface area (Å²) < 4.78 is 6.60. The Kier molecular flexibility index (Phi) is 3.35. The summed E-state index contributed by atoms with van der Waals surface area (Å²) in [6, 6.07) is 3.87. The largest absolute Gasteiger partial charge is 0.374 e. The lowest BCUT2D eigenvalue weighted by Crippen LogP contribution is -2.51. The summed E-state index contributed by atoms with van der Waals surface area (Å²) in [5.74, 6) is 0.0303. The van der Waals surface area contributed by atoms with E-state index in [0.717, 1.165) is 23.7 Å². The first-order chi connectivity index (χ1) is 8.75. The smallest absolute Gasteiger partial charge is 0.272 e. The molecule has 1 saturated heterocycles. The van der Waals surface area contributed by atoms with E-state index in [-0.39, 0.29) is 18.1 Å². The van der Waals surface area contributed by atoms with Gasteiger partial charge in [0.2, 0.25) is 0 Å². The zero-order valence-electron chi connectivity index (χ0n) is 10.0. The maximum atomic E-state index is 12.4. The molecular formula is C13H15BrN2O2. The molecule has 1 saturated carbocycles. The second-order valence-corrected chi connectivity index (χ2v) is 5.68. The van der Waals surface area contributed by atoms with Gasteiger partial charge in [0, 0.05) is 17.2 Å². The van der Waals surface area contributed by atoms with E-state index in [2.05, 4.69) is 20.9 Å². The van der Waals surface area contributed by atoms with E-state index in [4.69, 9.17) is 4.74 Å². The van der Waals surface area contributed by atoms with Gasteiger partial charge in [-0.25, -0.2) is 4.98 Å². The van der Waals surface area contributed by atoms with Gasteiger partial charge in [-0.1, -0.05) is 0 Å². The number of aromatic nitrogens is 1. The van der Waals surface area contributed by atoms with Gasteiger partial charge in [0.15, 0.2) is 0 Å². The van der Waals surface area contributed by atoms with E-state index in [0.29, 0.717) is 18.8 Å². The monoisotopic (exact) mass is 310 g/mol. The number of carbonyl (C=O) groups is 1. The van der Waals surface area contributed by atoms with E-state index in [1.807, 2.05) is 11.0 Å². The van der Waals surface area contributed by atoms with Crippen molar-refractivity contribution in [2.75, 3.05) is 13.2 Å². The third-order valence-corrected chi connectivity index (χ3v) is 4.16. The van der Waals surface area contributed by atoms with Crippen LogP contribution in [0.2, 0.25) is 0 Å². The molecular weight excluding hydrogens is 296 g/mol. The summed E-state index contributed by atoms with van der Waals surface area (Å²) in [4.78, 5) is 18.6. The Morgan fingerprint density at radius 1 is 1.44 bits per heavy atom. The molecule has 1 aliphatic carbocycles. The van der Waals surface area contributed by atoms with E-state index < -0.39 is 0 Å². The molecule has 2 aliphatic rings. The summed E-state index contributed by atoms with van der Waals surface area (Å²) in [5, 5.41) is 0. The van der Waals surface area contributed by atoms with Crippen LogP contribution in [0.3, 0.4) is 0 Å². The second kappa shape index (κ2) is 4.97. The molecule has 2 atom stereocenters. The van der Waals surface area contributed by atoms with Gasteiger partial charge in [-0.2, -0.15) is 0 Å². The van der Waals surface area contributed by atoms with Crippen molar-refractivity contribution >= 4 is 21.8 Å². The summed E-state index contributed by atoms with van der Waals surface area (Å²) in [6.07, 6.45) is 5.17. The molecule has 2 unspecified atom stereocenters. The molecule has 4 nitrogen and oxygen atoms in total. The fourth-order valence-corrected chi connectivity index (χ4v) is 3.06. The molecule has 2 heterocycles. The number of hydrogen-bond acceptors (Lipinski definition) is 3. The van der Waals surface area contributed by atoms with Crippen molar-refractivity contribution < 1.29 is 9.53 Å². The SMILES string of the molecule is O=C(c1ccc(Br)cn1)N1CCOC2CCCC21. The van der Waals surface area contributed by atoms with Crippen molar-refractivity contribution in [3.63, 3.8) is 0 Å². The Balaban J connectivity index is 1.81. The van der Waals surface area contributed by atoms with Gasteiger partial charge in [-0.3, -0.25) is 4.79 Å². The second-order valence-electron chi connectivity index (χ2n) is 4.77. The lowest BCUT2D eigenvalue weighted by molar-refractivity contribution is -0.0447. The van der Waals surface area contributed by atoms with Crippen LogP contribution in [0.1, 0.15) is 29.8 Å². The normalized spacial score (nSPS) is 27.1. The molecule has 1 amide bonds. The minimum atomic E-state index is 0.0303. The highest BCUT2D eigenvalue weighted by atomic mass is 79.9. The number of amides is 1. The van der Waals surface area contributed by atoms with Gasteiger partial charge in [0.1, 0.15) is 5.69 Å². The number of morpholine rings is 1. The van der Waals surface area contributed by atoms with Gasteiger partial charge < -0.3 is 9.64 Å². The minimum absolute atomic E-state index is 0.0303. The zero-order chi connectivity index (χ0) is 12.5. The Hall–Kier alpha value is -0.940. The number of rotatable bonds is 1. The average Bonchev–Trinajstić information content (AvgIpc) is 2.87. The Bertz CT molecular complexity index is 449. The van der Waals surface area contributed by atoms with Crippen LogP contribution in [0.25, 0.3) is 0 Å². The first kappa shape index (κ1) is 12.1. The molecule has 5 heteroatoms. The van der Waals surface area contributed by atoms with E-state index in [1.165, 1.54) is 0 Å². The van der Waals surface area contributed by atoms with Crippen LogP contribution >= 0.6 is 15.9 Å². The summed E-state index contributed by atoms with van der Waals surface area (Å²) in [7, 11) is 0. The van der Waals surface area contributed by atoms with Crippen LogP contribution in [0.15, 0.2) is 22.8 Å². The highest BCUT2D eigenvalue weighted by molar-refractivity contribution is 9.10. The summed E-state index contributed by atoms with van der Waals surface area (Å²) in [5.41, 5.74) is 0.519. The van der Waals surface area contributed by atoms with Crippen LogP contribution < -0.4 is 0 Å². The molecule has 0 bridgehead atoms. The van der Waals surface area contributed by atoms with Crippen LogP contribution in [0, 0.1) is 0 Å². The van der Waals surface area contributed by atoms with Crippen LogP contribution in [-0.2, 0) is 4.74 Å². The molecule has 96 valence electrons. The third-order valence-electron chi connectivity index (χ3n) is 3.69. The number of hydrogen-bond donors (Lipinski definition) is 0. The summed E-state index contributed by atoms with van der Waals surface area (Å²) in [6.45, 7) is 1.32. The maximum absolute atomic E-state index is 12.4. The predicted octanol–water partition coefficient (Wildman–Crippen LogP) is 2.24. The first-order valence-electron chi connectivity index (χ1n) is 6.30. The van der Waals surface area contributed by atoms with Crippen molar-refractivity contribution in [2.24, 2.45) is 0 Å². The average molecular weight is 311 g/mol. The van der Waals surface area contributed by atoms with Gasteiger partial charge in [-0.15, -0.1) is 0 Å². The number of ether oxygens (including phenoxy) is 1. The van der Waals surface area contributed by atoms with Gasteiger partial charge in [0.05, 0.1) is 18.8 Å². The molecule has 0 N–H and O–H groups in total. The molecule has 0 spiro atoms. The number of fused-ring (bicyclic) bond motifs is 1. The molecule has 1 aromatic rings. The fourth-order valence-electron chi connectivity index (χ4n) is 2.83. The molecule has 1 aromatic heterocycles. The Labute approximate surface area is 114 Å². The predicted molar refractivity (Wildman–Crippen MR) is 70.4 cm³/mol. The molecule has 2 fully saturated rings. The molecule has 1 aliphatic heterocycles. The van der Waals surface area contributed by atoms with Crippen molar-refractivity contribution in [2.45, 2.75) is 31.4 Å². The topological polar surface area (TPSA) is 42.4 Å². The Morgan fingerprint density at radius 2 is 2.33 bits per heavy atom. The number of carbonyl (C=O) groups excluding carboxylic acids is 1. The number of halogens is 1. The maximum Gasteiger partial charge on any atom is 0.272 e. The molecule has 0 radical (unpaired) electrons. The van der Waals surface area contributed by atoms with Gasteiger partial charge >= 0.3 is 0 Å². The van der Waals surface area contributed by atoms with Crippen molar-refractivity contribution in [1.29, 1.82) is 0 Å². The quantitative estimate of drug-likeness (QED) is 0.799. The number of pyridine rings is 1. The summed E-state index contributed by atoms with van der Waals surface area (Å²) >= 11 is 3.33. The number of nitrogens with zero attached hydrogens (tertiary/aromatic N) is 2. The lowest BCUT2D eigenvalue weighted by Gasteiger charge is -2.37. The van der Waals surface area contributed by atoms with Crippen molar-refractivity contribution in [3.05, 3.63) is 28.5 Å². The van der Waals surface area contributed by atoms with Crippen LogP contribution in [0.4, 0.5) is 0 Å². The minimum Gasteiger partial charge on any atom is -0.374 e. The first-order valence-corrected chi connectivity index (χ1v) is 7.09. The van der Waals surface area contributed by atoms with E-state index in [9.17, 15) is 4.79 Å². The molecule has 3 rings (SSSR count). The van der Waals surface area contributed by atoms with Gasteiger partial charge in [-0.05, 0) is 47.3 Å². The van der Waals surface area contributed by atoms with Crippen molar-refractivity contribution in [3.8, 4) is 0 Å². The Morgan fingerprint density at radius 3 is 3.11 bits per heavy atom. The zero-order valence-corrected chi connectivity index (χ0v) is 11.6. The third kappa shape index (κ3) is 2.17. The molecule has 0 aromatic carbocycles.